The van der Waals surface area contributed by atoms with Gasteiger partial charge in [-0.2, -0.15) is 19.3 Å². The Labute approximate surface area is 164 Å². The Morgan fingerprint density at radius 1 is 1.24 bits per heavy atom. The summed E-state index contributed by atoms with van der Waals surface area (Å²) in [5, 5.41) is 27.7. The maximum absolute atomic E-state index is 14.1. The molecule has 1 atom stereocenters. The highest BCUT2D eigenvalue weighted by Gasteiger charge is 2.30. The highest BCUT2D eigenvalue weighted by Crippen LogP contribution is 2.33. The molecule has 0 amide bonds. The molecule has 0 saturated heterocycles. The molecule has 29 heavy (non-hydrogen) atoms. The van der Waals surface area contributed by atoms with Gasteiger partial charge in [0.2, 0.25) is 5.95 Å². The molecule has 0 bridgehead atoms. The van der Waals surface area contributed by atoms with Crippen molar-refractivity contribution >= 4 is 17.3 Å². The van der Waals surface area contributed by atoms with Crippen LogP contribution in [0.4, 0.5) is 16.0 Å². The number of nitrogen functional groups attached to an aromatic ring is 1. The minimum absolute atomic E-state index is 0.00470. The SMILES string of the molecule is CC(O)(Nc1ncnc(N)c1C#N)c1cc2ncc(F)n2nc1-c1ccccc1. The number of hydrogen-bond acceptors (Lipinski definition) is 8. The number of halogens is 1. The molecule has 3 heterocycles. The third kappa shape index (κ3) is 3.19. The lowest BCUT2D eigenvalue weighted by Crippen LogP contribution is -2.33. The first-order chi connectivity index (χ1) is 13.9. The number of hydrogen-bond donors (Lipinski definition) is 3. The molecule has 0 aliphatic carbocycles. The molecule has 9 nitrogen and oxygen atoms in total. The fourth-order valence-corrected chi connectivity index (χ4v) is 2.97. The summed E-state index contributed by atoms with van der Waals surface area (Å²) in [4.78, 5) is 11.8. The van der Waals surface area contributed by atoms with Gasteiger partial charge >= 0.3 is 0 Å². The van der Waals surface area contributed by atoms with Gasteiger partial charge in [0.25, 0.3) is 0 Å². The summed E-state index contributed by atoms with van der Waals surface area (Å²) in [7, 11) is 0. The van der Waals surface area contributed by atoms with Crippen LogP contribution in [0.2, 0.25) is 0 Å². The average molecular weight is 390 g/mol. The maximum Gasteiger partial charge on any atom is 0.234 e. The molecular weight excluding hydrogens is 375 g/mol. The van der Waals surface area contributed by atoms with Gasteiger partial charge in [0.15, 0.2) is 17.2 Å². The summed E-state index contributed by atoms with van der Waals surface area (Å²) in [6.45, 7) is 1.46. The van der Waals surface area contributed by atoms with E-state index in [1.54, 1.807) is 24.3 Å². The van der Waals surface area contributed by atoms with Crippen molar-refractivity contribution in [1.29, 1.82) is 5.26 Å². The quantitative estimate of drug-likeness (QED) is 0.450. The topological polar surface area (TPSA) is 138 Å². The van der Waals surface area contributed by atoms with Crippen molar-refractivity contribution in [2.75, 3.05) is 11.1 Å². The molecule has 0 spiro atoms. The first-order valence-corrected chi connectivity index (χ1v) is 8.52. The molecule has 0 fully saturated rings. The maximum atomic E-state index is 14.1. The van der Waals surface area contributed by atoms with Gasteiger partial charge in [-0.25, -0.2) is 15.0 Å². The number of imidazole rings is 1. The van der Waals surface area contributed by atoms with Crippen LogP contribution in [0.3, 0.4) is 0 Å². The first kappa shape index (κ1) is 18.3. The van der Waals surface area contributed by atoms with Crippen LogP contribution in [0.15, 0.2) is 48.9 Å². The van der Waals surface area contributed by atoms with E-state index in [1.807, 2.05) is 12.1 Å². The second-order valence-electron chi connectivity index (χ2n) is 6.42. The zero-order valence-electron chi connectivity index (χ0n) is 15.2. The largest absolute Gasteiger partial charge is 0.382 e. The van der Waals surface area contributed by atoms with Gasteiger partial charge in [-0.05, 0) is 13.0 Å². The van der Waals surface area contributed by atoms with E-state index in [0.29, 0.717) is 16.8 Å². The number of nitriles is 1. The fraction of sp³-hybridized carbons (Fsp3) is 0.105. The molecule has 3 aromatic heterocycles. The Hall–Kier alpha value is -4.10. The molecule has 0 aliphatic rings. The van der Waals surface area contributed by atoms with Crippen LogP contribution in [-0.2, 0) is 5.72 Å². The van der Waals surface area contributed by atoms with Gasteiger partial charge in [-0.1, -0.05) is 30.3 Å². The van der Waals surface area contributed by atoms with Crippen LogP contribution in [0.5, 0.6) is 0 Å². The number of nitrogens with two attached hydrogens (primary N) is 1. The van der Waals surface area contributed by atoms with E-state index in [1.165, 1.54) is 19.3 Å². The number of fused-ring (bicyclic) bond motifs is 1. The van der Waals surface area contributed by atoms with Gasteiger partial charge in [0.05, 0.1) is 11.9 Å². The molecule has 0 saturated carbocycles. The van der Waals surface area contributed by atoms with E-state index >= 15 is 0 Å². The van der Waals surface area contributed by atoms with Crippen molar-refractivity contribution < 1.29 is 9.50 Å². The summed E-state index contributed by atoms with van der Waals surface area (Å²) in [5.74, 6) is -0.599. The molecule has 10 heteroatoms. The van der Waals surface area contributed by atoms with Crippen molar-refractivity contribution in [3.63, 3.8) is 0 Å². The predicted molar refractivity (Wildman–Crippen MR) is 103 cm³/mol. The molecule has 4 N–H and O–H groups in total. The number of benzene rings is 1. The van der Waals surface area contributed by atoms with E-state index < -0.39 is 11.7 Å². The van der Waals surface area contributed by atoms with Crippen molar-refractivity contribution in [1.82, 2.24) is 24.6 Å². The van der Waals surface area contributed by atoms with Gasteiger partial charge in [0.1, 0.15) is 23.8 Å². The number of aromatic nitrogens is 5. The van der Waals surface area contributed by atoms with Gasteiger partial charge in [0, 0.05) is 11.1 Å². The summed E-state index contributed by atoms with van der Waals surface area (Å²) in [6, 6.07) is 12.4. The highest BCUT2D eigenvalue weighted by atomic mass is 19.1. The number of nitrogens with zero attached hydrogens (tertiary/aromatic N) is 6. The average Bonchev–Trinajstić information content (AvgIpc) is 3.08. The lowest BCUT2D eigenvalue weighted by Gasteiger charge is -2.28. The summed E-state index contributed by atoms with van der Waals surface area (Å²) in [6.07, 6.45) is 2.22. The van der Waals surface area contributed by atoms with E-state index in [-0.39, 0.29) is 22.8 Å². The smallest absolute Gasteiger partial charge is 0.234 e. The van der Waals surface area contributed by atoms with Crippen LogP contribution in [0.1, 0.15) is 18.1 Å². The normalized spacial score (nSPS) is 13.0. The summed E-state index contributed by atoms with van der Waals surface area (Å²) >= 11 is 0. The van der Waals surface area contributed by atoms with E-state index in [2.05, 4.69) is 25.4 Å². The van der Waals surface area contributed by atoms with Crippen molar-refractivity contribution in [2.45, 2.75) is 12.6 Å². The molecule has 144 valence electrons. The highest BCUT2D eigenvalue weighted by molar-refractivity contribution is 5.68. The third-order valence-corrected chi connectivity index (χ3v) is 4.37. The van der Waals surface area contributed by atoms with Crippen LogP contribution in [-0.4, -0.2) is 29.7 Å². The number of anilines is 2. The van der Waals surface area contributed by atoms with Gasteiger partial charge in [-0.3, -0.25) is 0 Å². The van der Waals surface area contributed by atoms with E-state index in [4.69, 9.17) is 5.73 Å². The van der Waals surface area contributed by atoms with Gasteiger partial charge < -0.3 is 16.2 Å². The third-order valence-electron chi connectivity index (χ3n) is 4.37. The van der Waals surface area contributed by atoms with Crippen molar-refractivity contribution in [2.24, 2.45) is 0 Å². The molecule has 4 aromatic rings. The monoisotopic (exact) mass is 390 g/mol. The molecule has 0 radical (unpaired) electrons. The molecular formula is C19H15FN8O. The molecule has 1 unspecified atom stereocenters. The zero-order chi connectivity index (χ0) is 20.6. The van der Waals surface area contributed by atoms with Crippen LogP contribution >= 0.6 is 0 Å². The van der Waals surface area contributed by atoms with E-state index in [0.717, 1.165) is 10.7 Å². The minimum Gasteiger partial charge on any atom is -0.382 e. The Bertz CT molecular complexity index is 1250. The standard InChI is InChI=1S/C19H15FN8O/c1-19(29,26-18-12(8-21)17(22)24-10-25-18)13-7-15-23-9-14(20)28(15)27-16(13)11-5-3-2-4-6-11/h2-7,9-10,29H,1H3,(H3,22,24,25,26). The minimum atomic E-state index is -1.76. The van der Waals surface area contributed by atoms with Crippen LogP contribution < -0.4 is 11.1 Å². The van der Waals surface area contributed by atoms with Crippen molar-refractivity contribution in [3.8, 4) is 17.3 Å². The lowest BCUT2D eigenvalue weighted by molar-refractivity contribution is 0.0884. The van der Waals surface area contributed by atoms with Gasteiger partial charge in [-0.15, -0.1) is 0 Å². The Balaban J connectivity index is 1.90. The Morgan fingerprint density at radius 3 is 2.72 bits per heavy atom. The summed E-state index contributed by atoms with van der Waals surface area (Å²) < 4.78 is 15.1. The second-order valence-corrected chi connectivity index (χ2v) is 6.42. The molecule has 0 aliphatic heterocycles. The zero-order valence-corrected chi connectivity index (χ0v) is 15.2. The van der Waals surface area contributed by atoms with Crippen LogP contribution in [0, 0.1) is 17.3 Å². The molecule has 4 rings (SSSR count). The summed E-state index contributed by atoms with van der Waals surface area (Å²) in [5.41, 5.74) is 5.47. The Morgan fingerprint density at radius 2 is 2.00 bits per heavy atom. The molecule has 1 aromatic carbocycles. The van der Waals surface area contributed by atoms with Crippen LogP contribution in [0.25, 0.3) is 16.9 Å². The first-order valence-electron chi connectivity index (χ1n) is 8.52. The number of aliphatic hydroxyl groups is 1. The number of rotatable bonds is 4. The lowest BCUT2D eigenvalue weighted by atomic mass is 9.98. The predicted octanol–water partition coefficient (Wildman–Crippen LogP) is 2.06. The number of nitrogens with one attached hydrogen (secondary N) is 1. The Kier molecular flexibility index (Phi) is 4.29. The van der Waals surface area contributed by atoms with Crippen molar-refractivity contribution in [3.05, 3.63) is 66.0 Å². The van der Waals surface area contributed by atoms with E-state index in [9.17, 15) is 14.8 Å². The second kappa shape index (κ2) is 6.81. The fourth-order valence-electron chi connectivity index (χ4n) is 2.97.